The zero-order valence-electron chi connectivity index (χ0n) is 16.9. The molecule has 0 saturated carbocycles. The Hall–Kier alpha value is -2.58. The highest BCUT2D eigenvalue weighted by molar-refractivity contribution is 5.79. The van der Waals surface area contributed by atoms with Crippen LogP contribution >= 0.6 is 0 Å². The molecule has 0 unspecified atom stereocenters. The normalized spacial score (nSPS) is 21.8. The fraction of sp³-hybridized carbons (Fsp3) is 0.409. The summed E-state index contributed by atoms with van der Waals surface area (Å²) in [4.78, 5) is 16.2. The van der Waals surface area contributed by atoms with Gasteiger partial charge in [0, 0.05) is 37.2 Å². The average molecular weight is 422 g/mol. The first-order valence-electron chi connectivity index (χ1n) is 9.68. The maximum atomic E-state index is 13.9. The first-order valence-corrected chi connectivity index (χ1v) is 9.68. The second kappa shape index (κ2) is 8.65. The molecular formula is C22H25F3N2O3. The average Bonchev–Trinajstić information content (AvgIpc) is 2.67. The van der Waals surface area contributed by atoms with E-state index in [1.807, 2.05) is 19.0 Å². The molecule has 162 valence electrons. The Balaban J connectivity index is 1.81. The van der Waals surface area contributed by atoms with E-state index in [1.54, 1.807) is 12.1 Å². The molecule has 1 amide bonds. The molecule has 1 fully saturated rings. The van der Waals surface area contributed by atoms with Gasteiger partial charge in [0.25, 0.3) is 0 Å². The summed E-state index contributed by atoms with van der Waals surface area (Å²) in [6.45, 7) is 0.879. The van der Waals surface area contributed by atoms with E-state index in [4.69, 9.17) is 0 Å². The predicted molar refractivity (Wildman–Crippen MR) is 105 cm³/mol. The quantitative estimate of drug-likeness (QED) is 0.728. The van der Waals surface area contributed by atoms with E-state index in [2.05, 4.69) is 0 Å². The number of amides is 1. The van der Waals surface area contributed by atoms with E-state index in [-0.39, 0.29) is 36.7 Å². The summed E-state index contributed by atoms with van der Waals surface area (Å²) in [5.74, 6) is -4.24. The van der Waals surface area contributed by atoms with Crippen molar-refractivity contribution in [1.82, 2.24) is 9.80 Å². The minimum Gasteiger partial charge on any atom is -0.508 e. The molecule has 1 heterocycles. The Kier molecular flexibility index (Phi) is 6.38. The van der Waals surface area contributed by atoms with Gasteiger partial charge < -0.3 is 20.0 Å². The number of hydrogen-bond acceptors (Lipinski definition) is 4. The number of aliphatic hydroxyl groups is 1. The summed E-state index contributed by atoms with van der Waals surface area (Å²) >= 11 is 0. The molecule has 5 nitrogen and oxygen atoms in total. The van der Waals surface area contributed by atoms with E-state index in [0.717, 1.165) is 0 Å². The number of phenols is 1. The molecule has 0 bridgehead atoms. The van der Waals surface area contributed by atoms with Crippen molar-refractivity contribution in [1.29, 1.82) is 0 Å². The van der Waals surface area contributed by atoms with Crippen LogP contribution in [-0.2, 0) is 16.8 Å². The number of aromatic hydroxyl groups is 1. The van der Waals surface area contributed by atoms with Gasteiger partial charge in [-0.15, -0.1) is 0 Å². The largest absolute Gasteiger partial charge is 0.508 e. The fourth-order valence-corrected chi connectivity index (χ4v) is 4.02. The summed E-state index contributed by atoms with van der Waals surface area (Å²) in [5.41, 5.74) is -0.905. The molecule has 1 saturated heterocycles. The maximum absolute atomic E-state index is 13.9. The van der Waals surface area contributed by atoms with Crippen molar-refractivity contribution in [3.63, 3.8) is 0 Å². The van der Waals surface area contributed by atoms with Gasteiger partial charge in [-0.25, -0.2) is 13.2 Å². The third kappa shape index (κ3) is 4.60. The van der Waals surface area contributed by atoms with Crippen molar-refractivity contribution in [2.75, 3.05) is 33.7 Å². The summed E-state index contributed by atoms with van der Waals surface area (Å²) in [7, 11) is 3.70. The lowest BCUT2D eigenvalue weighted by Crippen LogP contribution is -2.54. The van der Waals surface area contributed by atoms with Gasteiger partial charge in [-0.3, -0.25) is 4.79 Å². The monoisotopic (exact) mass is 422 g/mol. The van der Waals surface area contributed by atoms with Gasteiger partial charge >= 0.3 is 0 Å². The van der Waals surface area contributed by atoms with Gasteiger partial charge in [0.2, 0.25) is 5.91 Å². The number of hydrogen-bond donors (Lipinski definition) is 2. The van der Waals surface area contributed by atoms with E-state index in [9.17, 15) is 28.2 Å². The van der Waals surface area contributed by atoms with Crippen LogP contribution in [0, 0.1) is 23.4 Å². The van der Waals surface area contributed by atoms with Gasteiger partial charge in [-0.1, -0.05) is 12.1 Å². The number of nitrogens with zero attached hydrogens (tertiary/aromatic N) is 2. The second-order valence-corrected chi connectivity index (χ2v) is 8.06. The van der Waals surface area contributed by atoms with Gasteiger partial charge in [0.1, 0.15) is 11.6 Å². The number of rotatable bonds is 5. The lowest BCUT2D eigenvalue weighted by atomic mass is 9.75. The minimum atomic E-state index is -1.30. The third-order valence-electron chi connectivity index (χ3n) is 5.59. The van der Waals surface area contributed by atoms with Crippen LogP contribution < -0.4 is 0 Å². The van der Waals surface area contributed by atoms with Crippen molar-refractivity contribution in [3.8, 4) is 5.75 Å². The first-order chi connectivity index (χ1) is 14.1. The Morgan fingerprint density at radius 1 is 1.17 bits per heavy atom. The number of phenolic OH excluding ortho intramolecular Hbond substituents is 1. The van der Waals surface area contributed by atoms with Gasteiger partial charge in [-0.2, -0.15) is 0 Å². The summed E-state index contributed by atoms with van der Waals surface area (Å²) < 4.78 is 40.5. The molecule has 2 atom stereocenters. The first kappa shape index (κ1) is 22.1. The number of halogens is 3. The topological polar surface area (TPSA) is 64.0 Å². The summed E-state index contributed by atoms with van der Waals surface area (Å²) in [6.07, 6.45) is -0.177. The molecular weight excluding hydrogens is 397 g/mol. The zero-order chi connectivity index (χ0) is 22.1. The second-order valence-electron chi connectivity index (χ2n) is 8.06. The van der Waals surface area contributed by atoms with Crippen molar-refractivity contribution < 1.29 is 28.2 Å². The molecule has 0 spiro atoms. The summed E-state index contributed by atoms with van der Waals surface area (Å²) in [5, 5.41) is 21.3. The third-order valence-corrected chi connectivity index (χ3v) is 5.59. The molecule has 0 aromatic heterocycles. The van der Waals surface area contributed by atoms with Gasteiger partial charge in [-0.05, 0) is 44.3 Å². The SMILES string of the molecule is CN(C)C[C@@H]1CN(C(=O)Cc2cc(F)c(F)cc2F)CC[C@@]1(O)c1cccc(O)c1. The van der Waals surface area contributed by atoms with Crippen LogP contribution in [0.25, 0.3) is 0 Å². The Bertz CT molecular complexity index is 938. The van der Waals surface area contributed by atoms with Crippen LogP contribution in [0.3, 0.4) is 0 Å². The number of carbonyl (C=O) groups is 1. The highest BCUT2D eigenvalue weighted by Gasteiger charge is 2.44. The van der Waals surface area contributed by atoms with Gasteiger partial charge in [0.05, 0.1) is 12.0 Å². The van der Waals surface area contributed by atoms with Crippen LogP contribution in [0.4, 0.5) is 13.2 Å². The van der Waals surface area contributed by atoms with Crippen LogP contribution in [0.2, 0.25) is 0 Å². The molecule has 3 rings (SSSR count). The molecule has 0 radical (unpaired) electrons. The summed E-state index contributed by atoms with van der Waals surface area (Å²) in [6, 6.07) is 7.55. The number of likely N-dealkylation sites (tertiary alicyclic amines) is 1. The number of piperidine rings is 1. The Morgan fingerprint density at radius 2 is 1.87 bits per heavy atom. The number of benzene rings is 2. The molecule has 2 aromatic rings. The molecule has 1 aliphatic rings. The van der Waals surface area contributed by atoms with Crippen molar-refractivity contribution >= 4 is 5.91 Å². The van der Waals surface area contributed by atoms with E-state index in [1.165, 1.54) is 17.0 Å². The fourth-order valence-electron chi connectivity index (χ4n) is 4.02. The smallest absolute Gasteiger partial charge is 0.227 e. The highest BCUT2D eigenvalue weighted by atomic mass is 19.2. The highest BCUT2D eigenvalue weighted by Crippen LogP contribution is 2.39. The molecule has 30 heavy (non-hydrogen) atoms. The van der Waals surface area contributed by atoms with Gasteiger partial charge in [0.15, 0.2) is 11.6 Å². The molecule has 1 aliphatic heterocycles. The Morgan fingerprint density at radius 3 is 2.53 bits per heavy atom. The standard InChI is InChI=1S/C22H25F3N2O3/c1-26(2)12-16-13-27(7-6-22(16,30)15-4-3-5-17(28)10-15)21(29)9-14-8-19(24)20(25)11-18(14)23/h3-5,8,10-11,16,28,30H,6-7,9,12-13H2,1-2H3/t16-,22-/m1/s1. The maximum Gasteiger partial charge on any atom is 0.227 e. The van der Waals surface area contributed by atoms with Crippen LogP contribution in [0.5, 0.6) is 5.75 Å². The van der Waals surface area contributed by atoms with Crippen LogP contribution in [0.15, 0.2) is 36.4 Å². The molecule has 8 heteroatoms. The molecule has 2 aromatic carbocycles. The molecule has 0 aliphatic carbocycles. The number of carbonyl (C=O) groups excluding carboxylic acids is 1. The van der Waals surface area contributed by atoms with Crippen LogP contribution in [-0.4, -0.2) is 59.6 Å². The van der Waals surface area contributed by atoms with E-state index < -0.39 is 35.4 Å². The molecule has 2 N–H and O–H groups in total. The van der Waals surface area contributed by atoms with Crippen molar-refractivity contribution in [2.24, 2.45) is 5.92 Å². The zero-order valence-corrected chi connectivity index (χ0v) is 16.9. The lowest BCUT2D eigenvalue weighted by Gasteiger charge is -2.46. The van der Waals surface area contributed by atoms with Crippen LogP contribution in [0.1, 0.15) is 17.5 Å². The predicted octanol–water partition coefficient (Wildman–Crippen LogP) is 2.65. The van der Waals surface area contributed by atoms with E-state index >= 15 is 0 Å². The van der Waals surface area contributed by atoms with Crippen molar-refractivity contribution in [3.05, 3.63) is 65.0 Å². The minimum absolute atomic E-state index is 0.0387. The Labute approximate surface area is 173 Å². The van der Waals surface area contributed by atoms with Crippen molar-refractivity contribution in [2.45, 2.75) is 18.4 Å². The lowest BCUT2D eigenvalue weighted by molar-refractivity contribution is -0.141. The van der Waals surface area contributed by atoms with E-state index in [0.29, 0.717) is 24.2 Å².